The lowest BCUT2D eigenvalue weighted by Gasteiger charge is -2.26. The van der Waals surface area contributed by atoms with E-state index in [0.717, 1.165) is 5.92 Å². The van der Waals surface area contributed by atoms with E-state index in [9.17, 15) is 4.39 Å². The molecule has 0 N–H and O–H groups in total. The van der Waals surface area contributed by atoms with Gasteiger partial charge in [-0.05, 0) is 74.3 Å². The summed E-state index contributed by atoms with van der Waals surface area (Å²) in [5.41, 5.74) is 2.96. The van der Waals surface area contributed by atoms with Gasteiger partial charge >= 0.3 is 0 Å². The number of hydrogen-bond donors (Lipinski definition) is 0. The quantitative estimate of drug-likeness (QED) is 0.495. The van der Waals surface area contributed by atoms with Gasteiger partial charge in [-0.3, -0.25) is 4.39 Å². The summed E-state index contributed by atoms with van der Waals surface area (Å²) < 4.78 is 12.1. The van der Waals surface area contributed by atoms with Crippen LogP contribution >= 0.6 is 0 Å². The van der Waals surface area contributed by atoms with Crippen molar-refractivity contribution >= 4 is 0 Å². The Morgan fingerprint density at radius 3 is 2.23 bits per heavy atom. The predicted molar refractivity (Wildman–Crippen MR) is 93.9 cm³/mol. The molecule has 0 spiro atoms. The van der Waals surface area contributed by atoms with E-state index < -0.39 is 0 Å². The van der Waals surface area contributed by atoms with Crippen LogP contribution in [0, 0.1) is 11.8 Å². The molecule has 0 amide bonds. The van der Waals surface area contributed by atoms with Crippen LogP contribution in [-0.2, 0) is 12.8 Å². The van der Waals surface area contributed by atoms with Crippen molar-refractivity contribution in [3.05, 3.63) is 47.5 Å². The number of hydrogen-bond acceptors (Lipinski definition) is 0. The van der Waals surface area contributed by atoms with Crippen LogP contribution in [-0.4, -0.2) is 6.67 Å². The second-order valence-electron chi connectivity index (χ2n) is 6.79. The van der Waals surface area contributed by atoms with Gasteiger partial charge in [-0.15, -0.1) is 0 Å². The SMILES string of the molecule is CCCc1ccc(CC[C@H]2CC[C@H](/C=C/CCF)CC2)cc1. The molecule has 0 radical (unpaired) electrons. The molecule has 0 atom stereocenters. The summed E-state index contributed by atoms with van der Waals surface area (Å²) in [4.78, 5) is 0. The topological polar surface area (TPSA) is 0 Å². The fourth-order valence-corrected chi connectivity index (χ4v) is 3.55. The number of rotatable bonds is 8. The van der Waals surface area contributed by atoms with Crippen LogP contribution in [0.1, 0.15) is 63.0 Å². The Bertz CT molecular complexity index is 424. The van der Waals surface area contributed by atoms with E-state index in [2.05, 4.69) is 37.3 Å². The molecule has 0 heterocycles. The summed E-state index contributed by atoms with van der Waals surface area (Å²) in [6.07, 6.45) is 15.1. The van der Waals surface area contributed by atoms with E-state index in [1.165, 1.54) is 62.5 Å². The first kappa shape index (κ1) is 17.2. The summed E-state index contributed by atoms with van der Waals surface area (Å²) in [5, 5.41) is 0. The molecule has 1 aliphatic carbocycles. The largest absolute Gasteiger partial charge is 0.251 e. The van der Waals surface area contributed by atoms with Crippen molar-refractivity contribution in [2.45, 2.75) is 64.7 Å². The molecule has 1 aromatic carbocycles. The summed E-state index contributed by atoms with van der Waals surface area (Å²) in [7, 11) is 0. The summed E-state index contributed by atoms with van der Waals surface area (Å²) in [6.45, 7) is 2.01. The maximum Gasteiger partial charge on any atom is 0.0928 e. The summed E-state index contributed by atoms with van der Waals surface area (Å²) >= 11 is 0. The Balaban J connectivity index is 1.68. The summed E-state index contributed by atoms with van der Waals surface area (Å²) in [5.74, 6) is 1.59. The van der Waals surface area contributed by atoms with Gasteiger partial charge in [-0.25, -0.2) is 0 Å². The van der Waals surface area contributed by atoms with E-state index in [0.29, 0.717) is 12.3 Å². The van der Waals surface area contributed by atoms with E-state index in [1.54, 1.807) is 0 Å². The minimum Gasteiger partial charge on any atom is -0.251 e. The van der Waals surface area contributed by atoms with Gasteiger partial charge in [0.25, 0.3) is 0 Å². The first-order chi connectivity index (χ1) is 10.8. The zero-order chi connectivity index (χ0) is 15.6. The first-order valence-corrected chi connectivity index (χ1v) is 9.12. The molecule has 22 heavy (non-hydrogen) atoms. The van der Waals surface area contributed by atoms with Gasteiger partial charge in [0, 0.05) is 0 Å². The zero-order valence-electron chi connectivity index (χ0n) is 14.1. The fraction of sp³-hybridized carbons (Fsp3) is 0.619. The van der Waals surface area contributed by atoms with Gasteiger partial charge in [0.2, 0.25) is 0 Å². The number of aryl methyl sites for hydroxylation is 2. The molecule has 1 aliphatic rings. The lowest BCUT2D eigenvalue weighted by Crippen LogP contribution is -2.13. The number of alkyl halides is 1. The van der Waals surface area contributed by atoms with Crippen molar-refractivity contribution in [3.8, 4) is 0 Å². The highest BCUT2D eigenvalue weighted by Crippen LogP contribution is 2.32. The third-order valence-corrected chi connectivity index (χ3v) is 4.98. The first-order valence-electron chi connectivity index (χ1n) is 9.12. The lowest BCUT2D eigenvalue weighted by molar-refractivity contribution is 0.296. The fourth-order valence-electron chi connectivity index (χ4n) is 3.55. The van der Waals surface area contributed by atoms with Crippen molar-refractivity contribution < 1.29 is 4.39 Å². The standard InChI is InChI=1S/C21H31F/c1-2-5-18-7-11-20(12-8-18)15-16-21-13-9-19(10-14-21)6-3-4-17-22/h3,6-8,11-12,19,21H,2,4-5,9-10,13-17H2,1H3/b6-3+/t19-,21-. The average Bonchev–Trinajstić information content (AvgIpc) is 2.56. The van der Waals surface area contributed by atoms with Gasteiger partial charge in [0.15, 0.2) is 0 Å². The van der Waals surface area contributed by atoms with Gasteiger partial charge in [0.05, 0.1) is 6.67 Å². The highest BCUT2D eigenvalue weighted by Gasteiger charge is 2.19. The highest BCUT2D eigenvalue weighted by molar-refractivity contribution is 5.22. The molecule has 0 saturated heterocycles. The Hall–Kier alpha value is -1.11. The highest BCUT2D eigenvalue weighted by atomic mass is 19.1. The Morgan fingerprint density at radius 1 is 1.00 bits per heavy atom. The van der Waals surface area contributed by atoms with Gasteiger partial charge in [-0.2, -0.15) is 0 Å². The maximum atomic E-state index is 12.1. The molecule has 1 heteroatoms. The third-order valence-electron chi connectivity index (χ3n) is 4.98. The molecule has 122 valence electrons. The van der Waals surface area contributed by atoms with Crippen molar-refractivity contribution in [1.82, 2.24) is 0 Å². The van der Waals surface area contributed by atoms with E-state index in [4.69, 9.17) is 0 Å². The molecule has 1 aromatic rings. The second-order valence-corrected chi connectivity index (χ2v) is 6.79. The Kier molecular flexibility index (Phi) is 7.70. The summed E-state index contributed by atoms with van der Waals surface area (Å²) in [6, 6.07) is 9.23. The smallest absolute Gasteiger partial charge is 0.0928 e. The van der Waals surface area contributed by atoms with E-state index in [-0.39, 0.29) is 6.67 Å². The molecular formula is C21H31F. The van der Waals surface area contributed by atoms with Gasteiger partial charge < -0.3 is 0 Å². The second kappa shape index (κ2) is 9.82. The molecule has 0 aromatic heterocycles. The molecule has 1 fully saturated rings. The van der Waals surface area contributed by atoms with Crippen molar-refractivity contribution in [2.75, 3.05) is 6.67 Å². The van der Waals surface area contributed by atoms with Crippen LogP contribution in [0.2, 0.25) is 0 Å². The predicted octanol–water partition coefficient (Wildman–Crippen LogP) is 6.29. The molecule has 0 nitrogen and oxygen atoms in total. The molecule has 0 aliphatic heterocycles. The normalized spacial score (nSPS) is 22.3. The lowest BCUT2D eigenvalue weighted by atomic mass is 9.79. The van der Waals surface area contributed by atoms with Crippen LogP contribution in [0.5, 0.6) is 0 Å². The van der Waals surface area contributed by atoms with Gasteiger partial charge in [0.1, 0.15) is 0 Å². The molecule has 0 unspecified atom stereocenters. The average molecular weight is 302 g/mol. The van der Waals surface area contributed by atoms with E-state index >= 15 is 0 Å². The van der Waals surface area contributed by atoms with E-state index in [1.807, 2.05) is 6.08 Å². The minimum atomic E-state index is -0.219. The minimum absolute atomic E-state index is 0.219. The van der Waals surface area contributed by atoms with Crippen LogP contribution in [0.4, 0.5) is 4.39 Å². The number of benzene rings is 1. The van der Waals surface area contributed by atoms with Crippen LogP contribution in [0.25, 0.3) is 0 Å². The molecular weight excluding hydrogens is 271 g/mol. The van der Waals surface area contributed by atoms with Crippen molar-refractivity contribution in [2.24, 2.45) is 11.8 Å². The molecule has 0 bridgehead atoms. The molecule has 1 saturated carbocycles. The molecule has 2 rings (SSSR count). The number of allylic oxidation sites excluding steroid dienone is 2. The van der Waals surface area contributed by atoms with Gasteiger partial charge in [-0.1, -0.05) is 49.8 Å². The van der Waals surface area contributed by atoms with Crippen molar-refractivity contribution in [1.29, 1.82) is 0 Å². The number of halogens is 1. The Morgan fingerprint density at radius 2 is 1.64 bits per heavy atom. The zero-order valence-corrected chi connectivity index (χ0v) is 14.1. The van der Waals surface area contributed by atoms with Crippen LogP contribution < -0.4 is 0 Å². The van der Waals surface area contributed by atoms with Crippen LogP contribution in [0.3, 0.4) is 0 Å². The van der Waals surface area contributed by atoms with Crippen LogP contribution in [0.15, 0.2) is 36.4 Å². The maximum absolute atomic E-state index is 12.1. The Labute approximate surface area is 135 Å². The van der Waals surface area contributed by atoms with Crippen molar-refractivity contribution in [3.63, 3.8) is 0 Å². The monoisotopic (exact) mass is 302 g/mol. The third kappa shape index (κ3) is 5.94.